The number of nitrogens with one attached hydrogen (secondary N) is 1. The van der Waals surface area contributed by atoms with Gasteiger partial charge in [-0.2, -0.15) is 5.10 Å². The van der Waals surface area contributed by atoms with Crippen LogP contribution in [-0.4, -0.2) is 26.8 Å². The van der Waals surface area contributed by atoms with Crippen molar-refractivity contribution < 1.29 is 14.3 Å². The zero-order chi connectivity index (χ0) is 17.2. The Bertz CT molecular complexity index is 796. The average molecular weight is 338 g/mol. The van der Waals surface area contributed by atoms with Crippen molar-refractivity contribution in [3.05, 3.63) is 45.0 Å². The lowest BCUT2D eigenvalue weighted by Gasteiger charge is -2.19. The number of aryl methyl sites for hydroxylation is 1. The van der Waals surface area contributed by atoms with Crippen LogP contribution in [0, 0.1) is 6.92 Å². The van der Waals surface area contributed by atoms with Crippen LogP contribution in [0.4, 0.5) is 0 Å². The number of halogens is 1. The topological polar surface area (TPSA) is 94.2 Å². The monoisotopic (exact) mass is 337 g/mol. The lowest BCUT2D eigenvalue weighted by molar-refractivity contribution is 0.00690. The first kappa shape index (κ1) is 17.0. The molecular weight excluding hydrogens is 322 g/mol. The first-order valence-electron chi connectivity index (χ1n) is 6.79. The maximum atomic E-state index is 12.0. The minimum atomic E-state index is -0.624. The fourth-order valence-corrected chi connectivity index (χ4v) is 1.82. The van der Waals surface area contributed by atoms with E-state index >= 15 is 0 Å². The molecule has 0 saturated heterocycles. The van der Waals surface area contributed by atoms with Gasteiger partial charge in [0.05, 0.1) is 11.3 Å². The molecule has 0 amide bonds. The summed E-state index contributed by atoms with van der Waals surface area (Å²) in [4.78, 5) is 27.6. The summed E-state index contributed by atoms with van der Waals surface area (Å²) in [5.74, 6) is -0.525. The van der Waals surface area contributed by atoms with Crippen LogP contribution in [0.1, 0.15) is 36.8 Å². The first-order chi connectivity index (χ1) is 10.7. The van der Waals surface area contributed by atoms with E-state index in [1.807, 2.05) is 0 Å². The van der Waals surface area contributed by atoms with Gasteiger partial charge in [0.2, 0.25) is 5.88 Å². The molecule has 2 aromatic heterocycles. The van der Waals surface area contributed by atoms with Crippen LogP contribution in [-0.2, 0) is 4.74 Å². The lowest BCUT2D eigenvalue weighted by Crippen LogP contribution is -2.24. The van der Waals surface area contributed by atoms with Gasteiger partial charge in [-0.1, -0.05) is 11.6 Å². The molecule has 1 N–H and O–H groups in total. The van der Waals surface area contributed by atoms with E-state index in [0.29, 0.717) is 5.69 Å². The molecule has 0 spiro atoms. The highest BCUT2D eigenvalue weighted by atomic mass is 35.5. The van der Waals surface area contributed by atoms with Crippen LogP contribution in [0.2, 0.25) is 5.02 Å². The normalized spacial score (nSPS) is 11.2. The van der Waals surface area contributed by atoms with Crippen molar-refractivity contribution in [1.82, 2.24) is 15.2 Å². The summed E-state index contributed by atoms with van der Waals surface area (Å²) in [5.41, 5.74) is -0.372. The SMILES string of the molecule is Cc1cc(Oc2ncc(C(=O)OC(C)(C)C)cc2Cl)c(=O)[nH]n1. The highest BCUT2D eigenvalue weighted by molar-refractivity contribution is 6.32. The highest BCUT2D eigenvalue weighted by Crippen LogP contribution is 2.26. The summed E-state index contributed by atoms with van der Waals surface area (Å²) in [6, 6.07) is 2.83. The average Bonchev–Trinajstić information content (AvgIpc) is 2.43. The second kappa shape index (κ2) is 6.37. The van der Waals surface area contributed by atoms with Gasteiger partial charge in [0.1, 0.15) is 10.6 Å². The zero-order valence-corrected chi connectivity index (χ0v) is 13.9. The smallest absolute Gasteiger partial charge is 0.340 e. The molecule has 0 aliphatic rings. The molecule has 2 rings (SSSR count). The number of rotatable bonds is 3. The summed E-state index contributed by atoms with van der Waals surface area (Å²) < 4.78 is 10.6. The van der Waals surface area contributed by atoms with Crippen molar-refractivity contribution in [2.75, 3.05) is 0 Å². The molecule has 0 bridgehead atoms. The molecule has 8 heteroatoms. The largest absolute Gasteiger partial charge is 0.456 e. The van der Waals surface area contributed by atoms with Gasteiger partial charge in [-0.25, -0.2) is 14.9 Å². The van der Waals surface area contributed by atoms with Crippen LogP contribution in [0.5, 0.6) is 11.6 Å². The molecule has 2 heterocycles. The molecule has 0 saturated carbocycles. The minimum absolute atomic E-state index is 0.00933. The summed E-state index contributed by atoms with van der Waals surface area (Å²) >= 11 is 6.06. The van der Waals surface area contributed by atoms with E-state index in [1.54, 1.807) is 27.7 Å². The van der Waals surface area contributed by atoms with Crippen molar-refractivity contribution in [3.8, 4) is 11.6 Å². The van der Waals surface area contributed by atoms with Crippen LogP contribution >= 0.6 is 11.6 Å². The van der Waals surface area contributed by atoms with E-state index in [4.69, 9.17) is 21.1 Å². The van der Waals surface area contributed by atoms with E-state index in [2.05, 4.69) is 15.2 Å². The zero-order valence-electron chi connectivity index (χ0n) is 13.1. The molecular formula is C15H16ClN3O4. The standard InChI is InChI=1S/C15H16ClN3O4/c1-8-5-11(12(20)19-18-8)22-13-10(16)6-9(7-17-13)14(21)23-15(2,3)4/h5-7H,1-4H3,(H,19,20). The Morgan fingerprint density at radius 2 is 2.00 bits per heavy atom. The Labute approximate surface area is 137 Å². The molecule has 122 valence electrons. The van der Waals surface area contributed by atoms with Crippen molar-refractivity contribution >= 4 is 17.6 Å². The Morgan fingerprint density at radius 1 is 1.30 bits per heavy atom. The first-order valence-corrected chi connectivity index (χ1v) is 7.16. The predicted octanol–water partition coefficient (Wildman–Crippen LogP) is 2.87. The maximum absolute atomic E-state index is 12.0. The molecule has 0 aliphatic carbocycles. The van der Waals surface area contributed by atoms with Crippen molar-refractivity contribution in [1.29, 1.82) is 0 Å². The molecule has 0 aliphatic heterocycles. The van der Waals surface area contributed by atoms with Gasteiger partial charge in [-0.05, 0) is 33.8 Å². The van der Waals surface area contributed by atoms with Gasteiger partial charge < -0.3 is 9.47 Å². The van der Waals surface area contributed by atoms with E-state index in [0.717, 1.165) is 0 Å². The summed E-state index contributed by atoms with van der Waals surface area (Å²) in [6.07, 6.45) is 1.28. The number of nitrogens with zero attached hydrogens (tertiary/aromatic N) is 2. The molecule has 0 unspecified atom stereocenters. The molecule has 0 aromatic carbocycles. The van der Waals surface area contributed by atoms with Crippen molar-refractivity contribution in [3.63, 3.8) is 0 Å². The summed E-state index contributed by atoms with van der Waals surface area (Å²) in [5, 5.41) is 6.12. The predicted molar refractivity (Wildman–Crippen MR) is 84.1 cm³/mol. The number of ether oxygens (including phenoxy) is 2. The Morgan fingerprint density at radius 3 is 2.61 bits per heavy atom. The lowest BCUT2D eigenvalue weighted by atomic mass is 10.2. The van der Waals surface area contributed by atoms with Gasteiger partial charge >= 0.3 is 11.5 Å². The molecule has 0 radical (unpaired) electrons. The van der Waals surface area contributed by atoms with Gasteiger partial charge in [-0.15, -0.1) is 0 Å². The number of hydrogen-bond donors (Lipinski definition) is 1. The number of aromatic nitrogens is 3. The molecule has 2 aromatic rings. The number of carbonyl (C=O) groups is 1. The van der Waals surface area contributed by atoms with Crippen LogP contribution in [0.25, 0.3) is 0 Å². The third kappa shape index (κ3) is 4.53. The fourth-order valence-electron chi connectivity index (χ4n) is 1.61. The molecule has 23 heavy (non-hydrogen) atoms. The van der Waals surface area contributed by atoms with E-state index in [1.165, 1.54) is 18.3 Å². The third-order valence-corrected chi connectivity index (χ3v) is 2.82. The van der Waals surface area contributed by atoms with E-state index in [-0.39, 0.29) is 22.2 Å². The van der Waals surface area contributed by atoms with Crippen LogP contribution < -0.4 is 10.3 Å². The second-order valence-corrected chi connectivity index (χ2v) is 6.22. The Balaban J connectivity index is 2.24. The van der Waals surface area contributed by atoms with E-state index in [9.17, 15) is 9.59 Å². The number of hydrogen-bond acceptors (Lipinski definition) is 6. The summed E-state index contributed by atoms with van der Waals surface area (Å²) in [7, 11) is 0. The Hall–Kier alpha value is -2.41. The maximum Gasteiger partial charge on any atom is 0.340 e. The minimum Gasteiger partial charge on any atom is -0.456 e. The number of H-pyrrole nitrogens is 1. The van der Waals surface area contributed by atoms with Gasteiger partial charge in [0, 0.05) is 12.3 Å². The van der Waals surface area contributed by atoms with Gasteiger partial charge in [0.25, 0.3) is 0 Å². The summed E-state index contributed by atoms with van der Waals surface area (Å²) in [6.45, 7) is 6.98. The number of esters is 1. The number of pyridine rings is 1. The molecule has 0 fully saturated rings. The molecule has 7 nitrogen and oxygen atoms in total. The van der Waals surface area contributed by atoms with Crippen molar-refractivity contribution in [2.45, 2.75) is 33.3 Å². The number of aromatic amines is 1. The second-order valence-electron chi connectivity index (χ2n) is 5.82. The quantitative estimate of drug-likeness (QED) is 0.865. The Kier molecular flexibility index (Phi) is 4.70. The van der Waals surface area contributed by atoms with Gasteiger partial charge in [-0.3, -0.25) is 4.79 Å². The van der Waals surface area contributed by atoms with Gasteiger partial charge in [0.15, 0.2) is 5.75 Å². The van der Waals surface area contributed by atoms with E-state index < -0.39 is 17.1 Å². The molecule has 0 atom stereocenters. The van der Waals surface area contributed by atoms with Crippen LogP contribution in [0.3, 0.4) is 0 Å². The fraction of sp³-hybridized carbons (Fsp3) is 0.333. The van der Waals surface area contributed by atoms with Crippen LogP contribution in [0.15, 0.2) is 23.1 Å². The number of carbonyl (C=O) groups excluding carboxylic acids is 1. The third-order valence-electron chi connectivity index (χ3n) is 2.55. The highest BCUT2D eigenvalue weighted by Gasteiger charge is 2.19. The van der Waals surface area contributed by atoms with Crippen molar-refractivity contribution in [2.24, 2.45) is 0 Å².